The Balaban J connectivity index is 1.48. The molecule has 3 aliphatic rings. The SMILES string of the molecule is CC(=O)Oc1ccc(C(=O)C2C(C(=O)c3ccc(Cl)cc3)C3(C(=O)Nc4ccccc43)C3c4ccccc4C=CN23)cc1. The van der Waals surface area contributed by atoms with Crippen molar-refractivity contribution >= 4 is 46.8 Å². The molecule has 0 bridgehead atoms. The molecule has 1 spiro atoms. The molecule has 43 heavy (non-hydrogen) atoms. The Morgan fingerprint density at radius 3 is 2.23 bits per heavy atom. The number of hydrogen-bond acceptors (Lipinski definition) is 6. The number of benzene rings is 4. The minimum absolute atomic E-state index is 0.300. The van der Waals surface area contributed by atoms with E-state index in [4.69, 9.17) is 16.3 Å². The fourth-order valence-corrected chi connectivity index (χ4v) is 7.11. The second kappa shape index (κ2) is 10.1. The van der Waals surface area contributed by atoms with Gasteiger partial charge in [-0.3, -0.25) is 19.2 Å². The number of halogens is 1. The standard InChI is InChI=1S/C35H25ClN2O5/c1-20(39)43-25-16-12-23(13-17-25)32(41)30-29(31(40)22-10-14-24(36)15-11-22)35(27-8-4-5-9-28(27)37-34(35)42)33-26-7-3-2-6-21(26)18-19-38(30)33/h2-19,29-30,33H,1H3,(H,37,42). The number of fused-ring (bicyclic) bond motifs is 6. The molecule has 212 valence electrons. The summed E-state index contributed by atoms with van der Waals surface area (Å²) in [6.45, 7) is 1.30. The molecule has 4 atom stereocenters. The van der Waals surface area contributed by atoms with Gasteiger partial charge in [0.25, 0.3) is 0 Å². The van der Waals surface area contributed by atoms with Gasteiger partial charge in [-0.05, 0) is 77.4 Å². The Morgan fingerprint density at radius 2 is 1.49 bits per heavy atom. The number of carbonyl (C=O) groups excluding carboxylic acids is 4. The Kier molecular flexibility index (Phi) is 6.29. The summed E-state index contributed by atoms with van der Waals surface area (Å²) >= 11 is 6.17. The molecule has 3 aliphatic heterocycles. The van der Waals surface area contributed by atoms with Crippen molar-refractivity contribution in [2.24, 2.45) is 5.92 Å². The van der Waals surface area contributed by atoms with Crippen LogP contribution in [0.5, 0.6) is 5.75 Å². The fraction of sp³-hybridized carbons (Fsp3) is 0.143. The highest BCUT2D eigenvalue weighted by Crippen LogP contribution is 2.62. The third kappa shape index (κ3) is 4.03. The zero-order chi connectivity index (χ0) is 29.9. The topological polar surface area (TPSA) is 92.8 Å². The van der Waals surface area contributed by atoms with E-state index in [0.29, 0.717) is 33.1 Å². The first-order valence-corrected chi connectivity index (χ1v) is 14.3. The molecular formula is C35H25ClN2O5. The van der Waals surface area contributed by atoms with Crippen LogP contribution >= 0.6 is 11.6 Å². The van der Waals surface area contributed by atoms with Crippen molar-refractivity contribution in [3.05, 3.63) is 136 Å². The summed E-state index contributed by atoms with van der Waals surface area (Å²) in [5.41, 5.74) is 2.31. The summed E-state index contributed by atoms with van der Waals surface area (Å²) in [6.07, 6.45) is 3.74. The predicted molar refractivity (Wildman–Crippen MR) is 162 cm³/mol. The molecule has 1 fully saturated rings. The van der Waals surface area contributed by atoms with Gasteiger partial charge < -0.3 is 15.0 Å². The van der Waals surface area contributed by atoms with Crippen LogP contribution < -0.4 is 10.1 Å². The average Bonchev–Trinajstić information content (AvgIpc) is 3.49. The molecule has 4 aromatic carbocycles. The predicted octanol–water partition coefficient (Wildman–Crippen LogP) is 6.25. The molecule has 0 radical (unpaired) electrons. The summed E-state index contributed by atoms with van der Waals surface area (Å²) in [5.74, 6) is -2.27. The summed E-state index contributed by atoms with van der Waals surface area (Å²) in [7, 11) is 0. The van der Waals surface area contributed by atoms with Gasteiger partial charge in [-0.25, -0.2) is 0 Å². The minimum Gasteiger partial charge on any atom is -0.427 e. The van der Waals surface area contributed by atoms with E-state index in [1.165, 1.54) is 6.92 Å². The third-order valence-corrected chi connectivity index (χ3v) is 8.90. The van der Waals surface area contributed by atoms with E-state index in [2.05, 4.69) is 5.32 Å². The average molecular weight is 589 g/mol. The molecule has 4 aromatic rings. The Bertz CT molecular complexity index is 1850. The maximum atomic E-state index is 14.8. The number of nitrogens with zero attached hydrogens (tertiary/aromatic N) is 1. The van der Waals surface area contributed by atoms with Crippen molar-refractivity contribution in [1.29, 1.82) is 0 Å². The van der Waals surface area contributed by atoms with Crippen LogP contribution in [0.25, 0.3) is 6.08 Å². The zero-order valence-electron chi connectivity index (χ0n) is 23.0. The molecule has 7 nitrogen and oxygen atoms in total. The number of ether oxygens (including phenoxy) is 1. The number of amides is 1. The maximum absolute atomic E-state index is 14.8. The number of anilines is 1. The van der Waals surface area contributed by atoms with E-state index in [1.54, 1.807) is 48.5 Å². The number of rotatable bonds is 5. The molecule has 3 heterocycles. The van der Waals surface area contributed by atoms with Gasteiger partial charge >= 0.3 is 5.97 Å². The number of nitrogens with one attached hydrogen (secondary N) is 1. The lowest BCUT2D eigenvalue weighted by Crippen LogP contribution is -2.49. The Labute approximate surface area is 252 Å². The van der Waals surface area contributed by atoms with Crippen LogP contribution in [0.15, 0.2) is 103 Å². The summed E-state index contributed by atoms with van der Waals surface area (Å²) in [6, 6.07) is 26.2. The number of ketones is 2. The second-order valence-electron chi connectivity index (χ2n) is 10.9. The van der Waals surface area contributed by atoms with E-state index in [9.17, 15) is 19.2 Å². The molecule has 8 heteroatoms. The van der Waals surface area contributed by atoms with Crippen molar-refractivity contribution in [3.8, 4) is 5.75 Å². The second-order valence-corrected chi connectivity index (χ2v) is 11.4. The molecule has 0 aliphatic carbocycles. The normalized spacial score (nSPS) is 22.9. The fourth-order valence-electron chi connectivity index (χ4n) is 6.99. The van der Waals surface area contributed by atoms with E-state index < -0.39 is 29.4 Å². The van der Waals surface area contributed by atoms with Crippen molar-refractivity contribution in [2.45, 2.75) is 24.4 Å². The van der Waals surface area contributed by atoms with Gasteiger partial charge in [-0.1, -0.05) is 54.1 Å². The molecule has 1 saturated heterocycles. The van der Waals surface area contributed by atoms with Gasteiger partial charge in [0.1, 0.15) is 17.2 Å². The number of Topliss-reactive ketones (excluding diaryl/α,β-unsaturated/α-hetero) is 2. The van der Waals surface area contributed by atoms with Crippen LogP contribution in [0.2, 0.25) is 5.02 Å². The van der Waals surface area contributed by atoms with Crippen LogP contribution in [0, 0.1) is 5.92 Å². The van der Waals surface area contributed by atoms with E-state index >= 15 is 0 Å². The molecule has 7 rings (SSSR count). The zero-order valence-corrected chi connectivity index (χ0v) is 23.7. The van der Waals surface area contributed by atoms with Gasteiger partial charge in [-0.2, -0.15) is 0 Å². The Hall–Kier alpha value is -5.01. The number of esters is 1. The minimum atomic E-state index is -1.42. The van der Waals surface area contributed by atoms with Crippen LogP contribution in [-0.2, 0) is 15.0 Å². The smallest absolute Gasteiger partial charge is 0.308 e. The molecule has 4 unspecified atom stereocenters. The summed E-state index contributed by atoms with van der Waals surface area (Å²) in [5, 5.41) is 3.51. The Morgan fingerprint density at radius 1 is 0.837 bits per heavy atom. The van der Waals surface area contributed by atoms with Gasteiger partial charge in [0.05, 0.1) is 12.0 Å². The van der Waals surface area contributed by atoms with Crippen molar-refractivity contribution < 1.29 is 23.9 Å². The van der Waals surface area contributed by atoms with E-state index in [0.717, 1.165) is 11.1 Å². The van der Waals surface area contributed by atoms with Crippen molar-refractivity contribution in [3.63, 3.8) is 0 Å². The lowest BCUT2D eigenvalue weighted by molar-refractivity contribution is -0.131. The van der Waals surface area contributed by atoms with Gasteiger partial charge in [-0.15, -0.1) is 0 Å². The lowest BCUT2D eigenvalue weighted by Gasteiger charge is -2.38. The first-order valence-electron chi connectivity index (χ1n) is 13.9. The molecule has 0 saturated carbocycles. The number of para-hydroxylation sites is 1. The highest BCUT2D eigenvalue weighted by molar-refractivity contribution is 6.30. The lowest BCUT2D eigenvalue weighted by atomic mass is 9.62. The van der Waals surface area contributed by atoms with E-state index in [1.807, 2.05) is 65.7 Å². The van der Waals surface area contributed by atoms with Gasteiger partial charge in [0.2, 0.25) is 5.91 Å². The summed E-state index contributed by atoms with van der Waals surface area (Å²) in [4.78, 5) is 57.2. The highest BCUT2D eigenvalue weighted by atomic mass is 35.5. The first kappa shape index (κ1) is 26.9. The largest absolute Gasteiger partial charge is 0.427 e. The van der Waals surface area contributed by atoms with E-state index in [-0.39, 0.29) is 17.5 Å². The van der Waals surface area contributed by atoms with Crippen molar-refractivity contribution in [1.82, 2.24) is 4.90 Å². The molecule has 0 aromatic heterocycles. The quantitative estimate of drug-likeness (QED) is 0.168. The maximum Gasteiger partial charge on any atom is 0.308 e. The first-order chi connectivity index (χ1) is 20.8. The summed E-state index contributed by atoms with van der Waals surface area (Å²) < 4.78 is 5.17. The van der Waals surface area contributed by atoms with Crippen LogP contribution in [0.3, 0.4) is 0 Å². The molecular weight excluding hydrogens is 564 g/mol. The highest BCUT2D eigenvalue weighted by Gasteiger charge is 2.70. The van der Waals surface area contributed by atoms with Gasteiger partial charge in [0, 0.05) is 35.0 Å². The van der Waals surface area contributed by atoms with Crippen LogP contribution in [0.1, 0.15) is 50.4 Å². The monoisotopic (exact) mass is 588 g/mol. The van der Waals surface area contributed by atoms with Crippen molar-refractivity contribution in [2.75, 3.05) is 5.32 Å². The molecule has 1 amide bonds. The third-order valence-electron chi connectivity index (χ3n) is 8.65. The van der Waals surface area contributed by atoms with Crippen LogP contribution in [0.4, 0.5) is 5.69 Å². The van der Waals surface area contributed by atoms with Crippen LogP contribution in [-0.4, -0.2) is 34.4 Å². The number of carbonyl (C=O) groups is 4. The van der Waals surface area contributed by atoms with Gasteiger partial charge in [0.15, 0.2) is 11.6 Å². The molecule has 1 N–H and O–H groups in total. The number of hydrogen-bond donors (Lipinski definition) is 1.